The first-order chi connectivity index (χ1) is 9.67. The van der Waals surface area contributed by atoms with Crippen LogP contribution in [0.2, 0.25) is 0 Å². The summed E-state index contributed by atoms with van der Waals surface area (Å²) >= 11 is 0. The van der Waals surface area contributed by atoms with Gasteiger partial charge >= 0.3 is 0 Å². The zero-order valence-corrected chi connectivity index (χ0v) is 13.4. The fourth-order valence-electron chi connectivity index (χ4n) is 3.87. The molecule has 1 saturated carbocycles. The summed E-state index contributed by atoms with van der Waals surface area (Å²) in [6.07, 6.45) is 9.61. The van der Waals surface area contributed by atoms with E-state index in [2.05, 4.69) is 17.1 Å². The second-order valence-corrected chi connectivity index (χ2v) is 6.80. The Morgan fingerprint density at radius 1 is 1.20 bits per heavy atom. The fraction of sp³-hybridized carbons (Fsp3) is 0.941. The number of likely N-dealkylation sites (tertiary alicyclic amines) is 1. The van der Waals surface area contributed by atoms with Crippen LogP contribution < -0.4 is 5.32 Å². The molecule has 3 heteroatoms. The highest BCUT2D eigenvalue weighted by Crippen LogP contribution is 2.44. The lowest BCUT2D eigenvalue weighted by atomic mass is 9.67. The number of hydrogen-bond donors (Lipinski definition) is 1. The van der Waals surface area contributed by atoms with Gasteiger partial charge in [-0.25, -0.2) is 0 Å². The van der Waals surface area contributed by atoms with E-state index >= 15 is 0 Å². The van der Waals surface area contributed by atoms with Gasteiger partial charge in [-0.3, -0.25) is 4.79 Å². The van der Waals surface area contributed by atoms with E-state index in [0.717, 1.165) is 6.54 Å². The Hall–Kier alpha value is -0.410. The Morgan fingerprint density at radius 2 is 1.85 bits per heavy atom. The molecule has 0 aromatic rings. The van der Waals surface area contributed by atoms with Gasteiger partial charge in [-0.15, -0.1) is 0 Å². The summed E-state index contributed by atoms with van der Waals surface area (Å²) in [5.74, 6) is 0.386. The van der Waals surface area contributed by atoms with Crippen molar-refractivity contribution in [2.45, 2.75) is 71.3 Å². The van der Waals surface area contributed by atoms with Gasteiger partial charge in [0.1, 0.15) is 5.78 Å². The highest BCUT2D eigenvalue weighted by atomic mass is 16.1. The summed E-state index contributed by atoms with van der Waals surface area (Å²) in [6.45, 7) is 8.94. The van der Waals surface area contributed by atoms with Crippen molar-refractivity contribution in [1.82, 2.24) is 10.2 Å². The smallest absolute Gasteiger partial charge is 0.133 e. The summed E-state index contributed by atoms with van der Waals surface area (Å²) in [7, 11) is 0. The van der Waals surface area contributed by atoms with Gasteiger partial charge < -0.3 is 10.2 Å². The lowest BCUT2D eigenvalue weighted by Crippen LogP contribution is -2.44. The van der Waals surface area contributed by atoms with Gasteiger partial charge in [-0.2, -0.15) is 0 Å². The summed E-state index contributed by atoms with van der Waals surface area (Å²) in [6, 6.07) is 0.662. The van der Waals surface area contributed by atoms with Crippen molar-refractivity contribution < 1.29 is 6.22 Å². The third-order valence-corrected chi connectivity index (χ3v) is 5.64. The molecule has 2 fully saturated rings. The molecule has 0 aromatic heterocycles. The predicted octanol–water partition coefficient (Wildman–Crippen LogP) is 3.24. The quantitative estimate of drug-likeness (QED) is 0.812. The summed E-state index contributed by atoms with van der Waals surface area (Å²) in [5, 5.41) is 3.60. The van der Waals surface area contributed by atoms with E-state index < -0.39 is 0 Å². The van der Waals surface area contributed by atoms with Crippen LogP contribution in [-0.2, 0) is 4.79 Å². The van der Waals surface area contributed by atoms with E-state index in [1.807, 2.05) is 6.92 Å². The van der Waals surface area contributed by atoms with E-state index in [1.165, 1.54) is 58.2 Å². The first-order valence-corrected chi connectivity index (χ1v) is 8.65. The third-order valence-electron chi connectivity index (χ3n) is 5.64. The van der Waals surface area contributed by atoms with Crippen LogP contribution in [0.5, 0.6) is 0 Å². The Bertz CT molecular complexity index is 304. The van der Waals surface area contributed by atoms with E-state index in [4.69, 9.17) is 0 Å². The van der Waals surface area contributed by atoms with Crippen LogP contribution in [0.1, 0.15) is 66.6 Å². The molecular weight excluding hydrogens is 248 g/mol. The molecular formula is C17H34N2O. The molecule has 0 amide bonds. The molecule has 2 aliphatic rings. The number of rotatable bonds is 6. The maximum absolute atomic E-state index is 11.3. The Kier molecular flexibility index (Phi) is 6.03. The maximum atomic E-state index is 11.3. The second-order valence-electron chi connectivity index (χ2n) is 6.80. The molecule has 2 rings (SSSR count). The molecule has 20 heavy (non-hydrogen) atoms. The van der Waals surface area contributed by atoms with Crippen molar-refractivity contribution >= 4 is 5.78 Å². The number of carbonyl (C=O) groups excluding carboxylic acids is 1. The minimum atomic E-state index is 0. The SMILES string of the molecule is CCC(=O)CCNC1CCC2(CC1)CCN(CC)CC2.[HH]. The number of nitrogens with one attached hydrogen (secondary N) is 1. The normalized spacial score (nSPS) is 24.1. The van der Waals surface area contributed by atoms with Gasteiger partial charge in [-0.05, 0) is 63.6 Å². The Labute approximate surface area is 126 Å². The van der Waals surface area contributed by atoms with E-state index in [0.29, 0.717) is 30.1 Å². The average molecular weight is 282 g/mol. The van der Waals surface area contributed by atoms with E-state index in [1.54, 1.807) is 0 Å². The second kappa shape index (κ2) is 7.56. The molecule has 0 aromatic carbocycles. The molecule has 1 spiro atoms. The van der Waals surface area contributed by atoms with Crippen molar-refractivity contribution in [3.63, 3.8) is 0 Å². The average Bonchev–Trinajstić information content (AvgIpc) is 2.50. The van der Waals surface area contributed by atoms with Crippen LogP contribution >= 0.6 is 0 Å². The van der Waals surface area contributed by atoms with Crippen molar-refractivity contribution in [3.05, 3.63) is 0 Å². The van der Waals surface area contributed by atoms with Crippen molar-refractivity contribution in [1.29, 1.82) is 0 Å². The van der Waals surface area contributed by atoms with Gasteiger partial charge in [0.05, 0.1) is 0 Å². The molecule has 0 unspecified atom stereocenters. The third kappa shape index (κ3) is 4.29. The molecule has 1 saturated heterocycles. The van der Waals surface area contributed by atoms with Crippen molar-refractivity contribution in [2.24, 2.45) is 5.41 Å². The topological polar surface area (TPSA) is 32.3 Å². The van der Waals surface area contributed by atoms with Crippen LogP contribution in [0.25, 0.3) is 0 Å². The van der Waals surface area contributed by atoms with Gasteiger partial charge in [0.2, 0.25) is 0 Å². The minimum absolute atomic E-state index is 0. The van der Waals surface area contributed by atoms with Crippen molar-refractivity contribution in [2.75, 3.05) is 26.2 Å². The molecule has 1 N–H and O–H groups in total. The lowest BCUT2D eigenvalue weighted by molar-refractivity contribution is -0.118. The number of ketones is 1. The standard InChI is InChI=1S/C17H32N2O.H2/c1-3-16(20)7-12-18-15-5-8-17(9-6-15)10-13-19(4-2)14-11-17;/h15,18H,3-14H2,1-2H3;1H. The largest absolute Gasteiger partial charge is 0.314 e. The Morgan fingerprint density at radius 3 is 2.40 bits per heavy atom. The number of carbonyl (C=O) groups is 1. The molecule has 0 atom stereocenters. The summed E-state index contributed by atoms with van der Waals surface area (Å²) < 4.78 is 0. The van der Waals surface area contributed by atoms with Crippen LogP contribution in [0.4, 0.5) is 0 Å². The van der Waals surface area contributed by atoms with Gasteiger partial charge in [0, 0.05) is 26.9 Å². The molecule has 0 bridgehead atoms. The van der Waals surface area contributed by atoms with Gasteiger partial charge in [0.25, 0.3) is 0 Å². The Balaban J connectivity index is 0.00000220. The number of nitrogens with zero attached hydrogens (tertiary/aromatic N) is 1. The fourth-order valence-corrected chi connectivity index (χ4v) is 3.87. The summed E-state index contributed by atoms with van der Waals surface area (Å²) in [5.41, 5.74) is 0.656. The maximum Gasteiger partial charge on any atom is 0.133 e. The van der Waals surface area contributed by atoms with Crippen LogP contribution in [0.15, 0.2) is 0 Å². The monoisotopic (exact) mass is 282 g/mol. The van der Waals surface area contributed by atoms with E-state index in [9.17, 15) is 4.79 Å². The molecule has 3 nitrogen and oxygen atoms in total. The molecule has 118 valence electrons. The molecule has 1 aliphatic carbocycles. The zero-order chi connectivity index (χ0) is 14.4. The molecule has 1 heterocycles. The zero-order valence-electron chi connectivity index (χ0n) is 13.4. The number of hydrogen-bond acceptors (Lipinski definition) is 3. The van der Waals surface area contributed by atoms with Crippen LogP contribution in [-0.4, -0.2) is 42.9 Å². The predicted molar refractivity (Wildman–Crippen MR) is 86.1 cm³/mol. The highest BCUT2D eigenvalue weighted by Gasteiger charge is 2.37. The van der Waals surface area contributed by atoms with Crippen molar-refractivity contribution in [3.8, 4) is 0 Å². The number of Topliss-reactive ketones (excluding diaryl/α,β-unsaturated/α-hetero) is 1. The lowest BCUT2D eigenvalue weighted by Gasteiger charge is -2.46. The molecule has 0 radical (unpaired) electrons. The van der Waals surface area contributed by atoms with E-state index in [-0.39, 0.29) is 1.43 Å². The first kappa shape index (κ1) is 16.0. The molecule has 1 aliphatic heterocycles. The summed E-state index contributed by atoms with van der Waals surface area (Å²) in [4.78, 5) is 13.9. The minimum Gasteiger partial charge on any atom is -0.314 e. The van der Waals surface area contributed by atoms with Gasteiger partial charge in [0.15, 0.2) is 0 Å². The van der Waals surface area contributed by atoms with Gasteiger partial charge in [-0.1, -0.05) is 13.8 Å². The first-order valence-electron chi connectivity index (χ1n) is 8.65. The van der Waals surface area contributed by atoms with Crippen LogP contribution in [0, 0.1) is 5.41 Å². The van der Waals surface area contributed by atoms with Crippen LogP contribution in [0.3, 0.4) is 0 Å². The number of piperidine rings is 1. The highest BCUT2D eigenvalue weighted by molar-refractivity contribution is 5.78.